The summed E-state index contributed by atoms with van der Waals surface area (Å²) < 4.78 is 49.0. The Morgan fingerprint density at radius 2 is 1.92 bits per heavy atom. The standard InChI is InChI=1S/C18H17FO6S/c1-18(2)9-12-13(6-10(17(20)21)7-14(12)25-18)24-15-8-11(19)4-5-16(15)26(3,22)23/h4-8H,9H2,1-3H3,(H,20,21). The first-order chi connectivity index (χ1) is 12.0. The van der Waals surface area contributed by atoms with Crippen molar-refractivity contribution in [2.75, 3.05) is 6.26 Å². The van der Waals surface area contributed by atoms with Gasteiger partial charge in [-0.3, -0.25) is 0 Å². The minimum absolute atomic E-state index is 0.0752. The normalized spacial score (nSPS) is 15.2. The van der Waals surface area contributed by atoms with Gasteiger partial charge in [-0.25, -0.2) is 17.6 Å². The van der Waals surface area contributed by atoms with Gasteiger partial charge in [-0.2, -0.15) is 0 Å². The number of rotatable bonds is 4. The van der Waals surface area contributed by atoms with E-state index in [1.807, 2.05) is 13.8 Å². The third kappa shape index (κ3) is 3.50. The van der Waals surface area contributed by atoms with Crippen molar-refractivity contribution < 1.29 is 32.2 Å². The van der Waals surface area contributed by atoms with Gasteiger partial charge < -0.3 is 14.6 Å². The van der Waals surface area contributed by atoms with E-state index in [4.69, 9.17) is 9.47 Å². The zero-order chi connectivity index (χ0) is 19.3. The average molecular weight is 380 g/mol. The zero-order valence-electron chi connectivity index (χ0n) is 14.4. The predicted molar refractivity (Wildman–Crippen MR) is 91.4 cm³/mol. The van der Waals surface area contributed by atoms with Crippen molar-refractivity contribution >= 4 is 15.8 Å². The number of fused-ring (bicyclic) bond motifs is 1. The topological polar surface area (TPSA) is 89.9 Å². The Kier molecular flexibility index (Phi) is 4.18. The van der Waals surface area contributed by atoms with E-state index in [0.717, 1.165) is 24.5 Å². The number of halogens is 1. The zero-order valence-corrected chi connectivity index (χ0v) is 15.2. The van der Waals surface area contributed by atoms with Gasteiger partial charge >= 0.3 is 5.97 Å². The lowest BCUT2D eigenvalue weighted by Crippen LogP contribution is -2.24. The number of benzene rings is 2. The van der Waals surface area contributed by atoms with Crippen molar-refractivity contribution in [2.45, 2.75) is 30.8 Å². The number of ether oxygens (including phenoxy) is 2. The van der Waals surface area contributed by atoms with E-state index < -0.39 is 27.2 Å². The molecule has 2 aromatic carbocycles. The molecule has 8 heteroatoms. The molecule has 26 heavy (non-hydrogen) atoms. The van der Waals surface area contributed by atoms with Crippen LogP contribution in [-0.2, 0) is 16.3 Å². The fourth-order valence-electron chi connectivity index (χ4n) is 2.85. The molecule has 1 aliphatic rings. The maximum atomic E-state index is 13.6. The average Bonchev–Trinajstić information content (AvgIpc) is 2.80. The minimum Gasteiger partial charge on any atom is -0.487 e. The monoisotopic (exact) mass is 380 g/mol. The van der Waals surface area contributed by atoms with E-state index >= 15 is 0 Å². The van der Waals surface area contributed by atoms with Gasteiger partial charge in [-0.15, -0.1) is 0 Å². The Labute approximate surface area is 150 Å². The number of carboxylic acid groups (broad SMARTS) is 1. The highest BCUT2D eigenvalue weighted by Gasteiger charge is 2.34. The number of aromatic carboxylic acids is 1. The fourth-order valence-corrected chi connectivity index (χ4v) is 3.63. The fraction of sp³-hybridized carbons (Fsp3) is 0.278. The van der Waals surface area contributed by atoms with Crippen molar-refractivity contribution in [3.05, 3.63) is 47.3 Å². The van der Waals surface area contributed by atoms with E-state index in [1.165, 1.54) is 12.1 Å². The summed E-state index contributed by atoms with van der Waals surface area (Å²) >= 11 is 0. The molecule has 0 spiro atoms. The molecule has 1 N–H and O–H groups in total. The van der Waals surface area contributed by atoms with Gasteiger partial charge in [-0.1, -0.05) is 0 Å². The molecule has 138 valence electrons. The summed E-state index contributed by atoms with van der Waals surface area (Å²) in [7, 11) is -3.67. The summed E-state index contributed by atoms with van der Waals surface area (Å²) in [5, 5.41) is 9.30. The highest BCUT2D eigenvalue weighted by Crippen LogP contribution is 2.43. The Bertz CT molecular complexity index is 1010. The molecule has 0 saturated carbocycles. The van der Waals surface area contributed by atoms with Gasteiger partial charge in [0.25, 0.3) is 0 Å². The summed E-state index contributed by atoms with van der Waals surface area (Å²) in [6.07, 6.45) is 1.42. The highest BCUT2D eigenvalue weighted by molar-refractivity contribution is 7.90. The molecule has 0 aromatic heterocycles. The first-order valence-corrected chi connectivity index (χ1v) is 9.62. The Balaban J connectivity index is 2.15. The van der Waals surface area contributed by atoms with E-state index in [0.29, 0.717) is 17.7 Å². The van der Waals surface area contributed by atoms with Crippen LogP contribution in [0.2, 0.25) is 0 Å². The molecule has 2 aromatic rings. The second kappa shape index (κ2) is 5.98. The van der Waals surface area contributed by atoms with Gasteiger partial charge in [0.2, 0.25) is 0 Å². The molecule has 0 saturated heterocycles. The van der Waals surface area contributed by atoms with Crippen LogP contribution in [0.1, 0.15) is 29.8 Å². The molecule has 0 radical (unpaired) electrons. The van der Waals surface area contributed by atoms with Crippen LogP contribution >= 0.6 is 0 Å². The molecule has 3 rings (SSSR count). The second-order valence-corrected chi connectivity index (χ2v) is 8.74. The van der Waals surface area contributed by atoms with Crippen molar-refractivity contribution in [1.82, 2.24) is 0 Å². The van der Waals surface area contributed by atoms with E-state index in [-0.39, 0.29) is 22.0 Å². The minimum atomic E-state index is -3.67. The summed E-state index contributed by atoms with van der Waals surface area (Å²) in [4.78, 5) is 11.2. The van der Waals surface area contributed by atoms with Crippen molar-refractivity contribution in [1.29, 1.82) is 0 Å². The molecule has 0 unspecified atom stereocenters. The Morgan fingerprint density at radius 3 is 2.54 bits per heavy atom. The second-order valence-electron chi connectivity index (χ2n) is 6.76. The number of hydrogen-bond acceptors (Lipinski definition) is 5. The molecule has 6 nitrogen and oxygen atoms in total. The van der Waals surface area contributed by atoms with Gasteiger partial charge in [0.1, 0.15) is 33.6 Å². The van der Waals surface area contributed by atoms with E-state index in [2.05, 4.69) is 0 Å². The van der Waals surface area contributed by atoms with Gasteiger partial charge in [-0.05, 0) is 38.1 Å². The van der Waals surface area contributed by atoms with Crippen LogP contribution in [0.4, 0.5) is 4.39 Å². The van der Waals surface area contributed by atoms with Crippen molar-refractivity contribution in [3.8, 4) is 17.2 Å². The smallest absolute Gasteiger partial charge is 0.335 e. The number of hydrogen-bond donors (Lipinski definition) is 1. The third-order valence-corrected chi connectivity index (χ3v) is 5.07. The molecule has 0 atom stereocenters. The number of sulfone groups is 1. The van der Waals surface area contributed by atoms with Crippen LogP contribution in [-0.4, -0.2) is 31.4 Å². The largest absolute Gasteiger partial charge is 0.487 e. The molecular formula is C18H17FO6S. The van der Waals surface area contributed by atoms with Crippen LogP contribution in [0.5, 0.6) is 17.2 Å². The van der Waals surface area contributed by atoms with Crippen LogP contribution in [0.3, 0.4) is 0 Å². The van der Waals surface area contributed by atoms with E-state index in [9.17, 15) is 22.7 Å². The first-order valence-electron chi connectivity index (χ1n) is 7.73. The van der Waals surface area contributed by atoms with E-state index in [1.54, 1.807) is 0 Å². The molecule has 0 aliphatic carbocycles. The van der Waals surface area contributed by atoms with Gasteiger partial charge in [0.05, 0.1) is 5.56 Å². The summed E-state index contributed by atoms with van der Waals surface area (Å²) in [6.45, 7) is 3.67. The molecule has 1 aliphatic heterocycles. The van der Waals surface area contributed by atoms with Crippen LogP contribution in [0.15, 0.2) is 35.2 Å². The summed E-state index contributed by atoms with van der Waals surface area (Å²) in [6, 6.07) is 5.76. The summed E-state index contributed by atoms with van der Waals surface area (Å²) in [5.41, 5.74) is -0.0448. The van der Waals surface area contributed by atoms with Crippen molar-refractivity contribution in [3.63, 3.8) is 0 Å². The highest BCUT2D eigenvalue weighted by atomic mass is 32.2. The van der Waals surface area contributed by atoms with Crippen molar-refractivity contribution in [2.24, 2.45) is 0 Å². The molecule has 0 amide bonds. The molecular weight excluding hydrogens is 363 g/mol. The number of carboxylic acids is 1. The lowest BCUT2D eigenvalue weighted by molar-refractivity contribution is 0.0695. The van der Waals surface area contributed by atoms with Gasteiger partial charge in [0, 0.05) is 24.3 Å². The lowest BCUT2D eigenvalue weighted by Gasteiger charge is -2.16. The third-order valence-electron chi connectivity index (χ3n) is 3.93. The first kappa shape index (κ1) is 18.2. The van der Waals surface area contributed by atoms with Crippen LogP contribution in [0, 0.1) is 5.82 Å². The molecule has 0 bridgehead atoms. The molecule has 0 fully saturated rings. The van der Waals surface area contributed by atoms with Crippen LogP contribution in [0.25, 0.3) is 0 Å². The summed E-state index contributed by atoms with van der Waals surface area (Å²) in [5.74, 6) is -1.59. The lowest BCUT2D eigenvalue weighted by atomic mass is 10.00. The maximum absolute atomic E-state index is 13.6. The Hall–Kier alpha value is -2.61. The van der Waals surface area contributed by atoms with Crippen LogP contribution < -0.4 is 9.47 Å². The SMILES string of the molecule is CC1(C)Cc2c(Oc3cc(F)ccc3S(C)(=O)=O)cc(C(=O)O)cc2O1. The quantitative estimate of drug-likeness (QED) is 0.818. The van der Waals surface area contributed by atoms with Gasteiger partial charge in [0.15, 0.2) is 9.84 Å². The predicted octanol–water partition coefficient (Wildman–Crippen LogP) is 3.43. The Morgan fingerprint density at radius 1 is 1.23 bits per heavy atom. The maximum Gasteiger partial charge on any atom is 0.335 e. The number of carbonyl (C=O) groups is 1. The molecule has 1 heterocycles.